The molecule has 1 aliphatic rings. The summed E-state index contributed by atoms with van der Waals surface area (Å²) in [6.45, 7) is 7.35. The number of hydrogen-bond acceptors (Lipinski definition) is 4. The highest BCUT2D eigenvalue weighted by molar-refractivity contribution is 14.0. The Bertz CT molecular complexity index is 828. The van der Waals surface area contributed by atoms with Crippen LogP contribution in [0, 0.1) is 0 Å². The summed E-state index contributed by atoms with van der Waals surface area (Å²) < 4.78 is 0. The lowest BCUT2D eigenvalue weighted by atomic mass is 10.1. The number of thiazole rings is 1. The van der Waals surface area contributed by atoms with Crippen LogP contribution in [-0.4, -0.2) is 41.9 Å². The molecule has 0 atom stereocenters. The molecule has 1 saturated heterocycles. The molecule has 2 heterocycles. The van der Waals surface area contributed by atoms with E-state index in [9.17, 15) is 4.79 Å². The minimum Gasteiger partial charge on any atom is -0.352 e. The first-order valence-corrected chi connectivity index (χ1v) is 11.2. The lowest BCUT2D eigenvalue weighted by Crippen LogP contribution is -2.36. The fourth-order valence-corrected chi connectivity index (χ4v) is 4.18. The maximum atomic E-state index is 12.6. The van der Waals surface area contributed by atoms with E-state index in [1.165, 1.54) is 6.42 Å². The Balaban J connectivity index is 0.00000320. The number of piperidine rings is 1. The zero-order chi connectivity index (χ0) is 20.6. The molecule has 0 spiro atoms. The van der Waals surface area contributed by atoms with Gasteiger partial charge in [0.25, 0.3) is 5.91 Å². The standard InChI is InChI=1S/C22H31N5OS.HI/c1-16(2)19-15-29-20(26-19)14-25-22(23-3)24-13-17-7-9-18(10-8-17)21(28)27-11-5-4-6-12-27;/h7-10,15-16H,4-6,11-14H2,1-3H3,(H2,23,24,25);1H. The smallest absolute Gasteiger partial charge is 0.253 e. The van der Waals surface area contributed by atoms with Crippen molar-refractivity contribution in [2.45, 2.75) is 52.1 Å². The number of benzene rings is 1. The number of aliphatic imine (C=N–C) groups is 1. The molecule has 1 aliphatic heterocycles. The maximum absolute atomic E-state index is 12.6. The van der Waals surface area contributed by atoms with Crippen LogP contribution in [0.3, 0.4) is 0 Å². The molecule has 6 nitrogen and oxygen atoms in total. The van der Waals surface area contributed by atoms with Crippen molar-refractivity contribution < 1.29 is 4.79 Å². The Hall–Kier alpha value is -1.68. The topological polar surface area (TPSA) is 69.6 Å². The van der Waals surface area contributed by atoms with E-state index in [-0.39, 0.29) is 29.9 Å². The molecular weight excluding hydrogens is 509 g/mol. The molecule has 2 aromatic rings. The first kappa shape index (κ1) is 24.6. The van der Waals surface area contributed by atoms with E-state index in [2.05, 4.69) is 39.8 Å². The molecule has 164 valence electrons. The quantitative estimate of drug-likeness (QED) is 0.324. The molecule has 0 unspecified atom stereocenters. The van der Waals surface area contributed by atoms with E-state index in [1.807, 2.05) is 29.2 Å². The molecule has 0 saturated carbocycles. The Morgan fingerprint density at radius 1 is 1.13 bits per heavy atom. The van der Waals surface area contributed by atoms with Crippen molar-refractivity contribution in [3.8, 4) is 0 Å². The van der Waals surface area contributed by atoms with Gasteiger partial charge in [0.15, 0.2) is 5.96 Å². The summed E-state index contributed by atoms with van der Waals surface area (Å²) in [6.07, 6.45) is 3.45. The van der Waals surface area contributed by atoms with Gasteiger partial charge >= 0.3 is 0 Å². The van der Waals surface area contributed by atoms with Crippen LogP contribution in [0.2, 0.25) is 0 Å². The number of aromatic nitrogens is 1. The van der Waals surface area contributed by atoms with Crippen molar-refractivity contribution in [3.63, 3.8) is 0 Å². The minimum atomic E-state index is 0. The van der Waals surface area contributed by atoms with Crippen LogP contribution in [-0.2, 0) is 13.1 Å². The van der Waals surface area contributed by atoms with Gasteiger partial charge in [-0.25, -0.2) is 4.98 Å². The van der Waals surface area contributed by atoms with E-state index in [0.29, 0.717) is 19.0 Å². The van der Waals surface area contributed by atoms with Crippen LogP contribution >= 0.6 is 35.3 Å². The second-order valence-corrected chi connectivity index (χ2v) is 8.59. The van der Waals surface area contributed by atoms with Crippen molar-refractivity contribution in [2.24, 2.45) is 4.99 Å². The molecule has 30 heavy (non-hydrogen) atoms. The number of guanidine groups is 1. The van der Waals surface area contributed by atoms with Gasteiger partial charge in [0.2, 0.25) is 0 Å². The number of carbonyl (C=O) groups is 1. The summed E-state index contributed by atoms with van der Waals surface area (Å²) >= 11 is 1.67. The summed E-state index contributed by atoms with van der Waals surface area (Å²) in [6, 6.07) is 7.86. The Kier molecular flexibility index (Phi) is 10.0. The van der Waals surface area contributed by atoms with E-state index in [0.717, 1.165) is 53.7 Å². The van der Waals surface area contributed by atoms with Gasteiger partial charge < -0.3 is 15.5 Å². The molecule has 0 radical (unpaired) electrons. The van der Waals surface area contributed by atoms with Crippen LogP contribution in [0.25, 0.3) is 0 Å². The second-order valence-electron chi connectivity index (χ2n) is 7.65. The maximum Gasteiger partial charge on any atom is 0.253 e. The number of likely N-dealkylation sites (tertiary alicyclic amines) is 1. The third-order valence-electron chi connectivity index (χ3n) is 5.10. The average Bonchev–Trinajstić information content (AvgIpc) is 3.24. The van der Waals surface area contributed by atoms with Gasteiger partial charge in [-0.2, -0.15) is 0 Å². The van der Waals surface area contributed by atoms with E-state index in [4.69, 9.17) is 0 Å². The number of nitrogens with zero attached hydrogens (tertiary/aromatic N) is 3. The number of amides is 1. The van der Waals surface area contributed by atoms with E-state index in [1.54, 1.807) is 18.4 Å². The third kappa shape index (κ3) is 6.94. The van der Waals surface area contributed by atoms with Gasteiger partial charge in [0.1, 0.15) is 5.01 Å². The molecule has 2 N–H and O–H groups in total. The van der Waals surface area contributed by atoms with Crippen LogP contribution in [0.5, 0.6) is 0 Å². The number of nitrogens with one attached hydrogen (secondary N) is 2. The van der Waals surface area contributed by atoms with E-state index >= 15 is 0 Å². The highest BCUT2D eigenvalue weighted by Crippen LogP contribution is 2.17. The van der Waals surface area contributed by atoms with Crippen LogP contribution in [0.1, 0.15) is 65.7 Å². The normalized spacial score (nSPS) is 14.4. The van der Waals surface area contributed by atoms with Crippen LogP contribution in [0.4, 0.5) is 0 Å². The Labute approximate surface area is 200 Å². The number of carbonyl (C=O) groups excluding carboxylic acids is 1. The molecule has 1 fully saturated rings. The van der Waals surface area contributed by atoms with Crippen LogP contribution in [0.15, 0.2) is 34.6 Å². The first-order chi connectivity index (χ1) is 14.1. The van der Waals surface area contributed by atoms with Gasteiger partial charge in [0.05, 0.1) is 12.2 Å². The fraction of sp³-hybridized carbons (Fsp3) is 0.500. The largest absolute Gasteiger partial charge is 0.352 e. The van der Waals surface area contributed by atoms with Gasteiger partial charge in [-0.05, 0) is 42.9 Å². The molecule has 0 aliphatic carbocycles. The number of halogens is 1. The summed E-state index contributed by atoms with van der Waals surface area (Å²) in [5.74, 6) is 1.33. The van der Waals surface area contributed by atoms with Crippen molar-refractivity contribution >= 4 is 47.2 Å². The van der Waals surface area contributed by atoms with Crippen molar-refractivity contribution in [1.29, 1.82) is 0 Å². The lowest BCUT2D eigenvalue weighted by Gasteiger charge is -2.26. The number of hydrogen-bond donors (Lipinski definition) is 2. The first-order valence-electron chi connectivity index (χ1n) is 10.3. The molecular formula is C22H32IN5OS. The highest BCUT2D eigenvalue weighted by Gasteiger charge is 2.17. The summed E-state index contributed by atoms with van der Waals surface area (Å²) in [5.41, 5.74) is 3.01. The van der Waals surface area contributed by atoms with E-state index < -0.39 is 0 Å². The van der Waals surface area contributed by atoms with Crippen molar-refractivity contribution in [1.82, 2.24) is 20.5 Å². The second kappa shape index (κ2) is 12.2. The van der Waals surface area contributed by atoms with Gasteiger partial charge in [-0.15, -0.1) is 35.3 Å². The molecule has 3 rings (SSSR count). The van der Waals surface area contributed by atoms with Crippen molar-refractivity contribution in [3.05, 3.63) is 51.5 Å². The predicted octanol–water partition coefficient (Wildman–Crippen LogP) is 4.38. The Morgan fingerprint density at radius 3 is 2.40 bits per heavy atom. The predicted molar refractivity (Wildman–Crippen MR) is 135 cm³/mol. The number of rotatable bonds is 6. The molecule has 8 heteroatoms. The SMILES string of the molecule is CN=C(NCc1ccc(C(=O)N2CCCCC2)cc1)NCc1nc(C(C)C)cs1.I. The Morgan fingerprint density at radius 2 is 1.80 bits per heavy atom. The summed E-state index contributed by atoms with van der Waals surface area (Å²) in [7, 11) is 1.76. The van der Waals surface area contributed by atoms with Gasteiger partial charge in [0, 0.05) is 37.6 Å². The average molecular weight is 542 g/mol. The van der Waals surface area contributed by atoms with Gasteiger partial charge in [-0.3, -0.25) is 9.79 Å². The van der Waals surface area contributed by atoms with Gasteiger partial charge in [-0.1, -0.05) is 26.0 Å². The molecule has 1 amide bonds. The third-order valence-corrected chi connectivity index (χ3v) is 5.96. The highest BCUT2D eigenvalue weighted by atomic mass is 127. The lowest BCUT2D eigenvalue weighted by molar-refractivity contribution is 0.0724. The monoisotopic (exact) mass is 541 g/mol. The minimum absolute atomic E-state index is 0. The summed E-state index contributed by atoms with van der Waals surface area (Å²) in [5, 5.41) is 9.79. The zero-order valence-corrected chi connectivity index (χ0v) is 21.1. The zero-order valence-electron chi connectivity index (χ0n) is 18.0. The molecule has 0 bridgehead atoms. The van der Waals surface area contributed by atoms with Crippen molar-refractivity contribution in [2.75, 3.05) is 20.1 Å². The summed E-state index contributed by atoms with van der Waals surface area (Å²) in [4.78, 5) is 23.4. The fourth-order valence-electron chi connectivity index (χ4n) is 3.28. The molecule has 1 aromatic carbocycles. The molecule has 1 aromatic heterocycles. The van der Waals surface area contributed by atoms with Crippen LogP contribution < -0.4 is 10.6 Å².